The summed E-state index contributed by atoms with van der Waals surface area (Å²) in [5.74, 6) is 0. The van der Waals surface area contributed by atoms with Crippen molar-refractivity contribution in [1.82, 2.24) is 0 Å². The van der Waals surface area contributed by atoms with E-state index in [1.54, 1.807) is 0 Å². The number of benzene rings is 2. The summed E-state index contributed by atoms with van der Waals surface area (Å²) >= 11 is 0. The van der Waals surface area contributed by atoms with Gasteiger partial charge in [0.2, 0.25) is 0 Å². The normalized spacial score (nSPS) is 5.71. The Labute approximate surface area is 148 Å². The van der Waals surface area contributed by atoms with Crippen LogP contribution in [-0.4, -0.2) is 0 Å². The van der Waals surface area contributed by atoms with Crippen molar-refractivity contribution in [3.63, 3.8) is 0 Å². The first kappa shape index (κ1) is 42.7. The molecule has 0 radical (unpaired) electrons. The van der Waals surface area contributed by atoms with Gasteiger partial charge >= 0.3 is 37.1 Å². The molecule has 0 fully saturated rings. The van der Waals surface area contributed by atoms with Gasteiger partial charge in [-0.05, 0) is 24.3 Å². The van der Waals surface area contributed by atoms with Crippen LogP contribution in [-0.2, 0) is 64.5 Å². The van der Waals surface area contributed by atoms with Crippen LogP contribution in [0.15, 0.2) is 60.7 Å². The molecule has 4 N–H and O–H groups in total. The van der Waals surface area contributed by atoms with Gasteiger partial charge in [-0.1, -0.05) is 36.4 Å². The Bertz CT molecular complexity index is 331. The molecule has 0 bridgehead atoms. The molecule has 7 nitrogen and oxygen atoms in total. The predicted octanol–water partition coefficient (Wildman–Crippen LogP) is 1.94. The number of para-hydroxylation sites is 2. The van der Waals surface area contributed by atoms with Crippen molar-refractivity contribution in [2.24, 2.45) is 0 Å². The second-order valence-electron chi connectivity index (χ2n) is 2.82. The largest absolute Gasteiger partial charge is 5.00 e. The van der Waals surface area contributed by atoms with Gasteiger partial charge in [0.25, 0.3) is 0 Å². The summed E-state index contributed by atoms with van der Waals surface area (Å²) in [5, 5.41) is 0. The summed E-state index contributed by atoms with van der Waals surface area (Å²) < 4.78 is 0. The van der Waals surface area contributed by atoms with Gasteiger partial charge in [0, 0.05) is 11.4 Å². The topological polar surface area (TPSA) is 195 Å². The molecule has 0 heterocycles. The second kappa shape index (κ2) is 27.4. The van der Waals surface area contributed by atoms with Crippen LogP contribution in [0.2, 0.25) is 0 Å². The molecule has 9 heteroatoms. The zero-order valence-electron chi connectivity index (χ0n) is 10.9. The molecule has 0 spiro atoms. The number of nitrogen functional groups attached to an aromatic ring is 2. The Morgan fingerprint density at radius 2 is 0.619 bits per heavy atom. The quantitative estimate of drug-likeness (QED) is 0.671. The molecule has 0 aliphatic carbocycles. The van der Waals surface area contributed by atoms with Gasteiger partial charge in [-0.3, -0.25) is 0 Å². The third kappa shape index (κ3) is 24.4. The molecule has 0 aliphatic rings. The van der Waals surface area contributed by atoms with E-state index in [-0.39, 0.29) is 64.5 Å². The molecule has 0 saturated heterocycles. The fourth-order valence-corrected chi connectivity index (χ4v) is 0.906. The zero-order chi connectivity index (χ0) is 10.2. The van der Waals surface area contributed by atoms with Crippen LogP contribution in [0.5, 0.6) is 0 Å². The van der Waals surface area contributed by atoms with Crippen molar-refractivity contribution >= 4 is 11.4 Å². The molecule has 2 rings (SSSR count). The standard InChI is InChI=1S/2C6H7N.5O.2V/c2*7-6-4-2-1-3-5-6;;;;;;;/h2*1-5H,7H2;;;;;;;/q;;5*-2;2*+5. The minimum absolute atomic E-state index is 0. The minimum Gasteiger partial charge on any atom is -2.00 e. The summed E-state index contributed by atoms with van der Waals surface area (Å²) in [5.41, 5.74) is 12.4. The third-order valence-corrected chi connectivity index (χ3v) is 1.60. The van der Waals surface area contributed by atoms with E-state index in [1.165, 1.54) is 0 Å². The first-order valence-electron chi connectivity index (χ1n) is 4.40. The van der Waals surface area contributed by atoms with E-state index in [9.17, 15) is 0 Å². The fraction of sp³-hybridized carbons (Fsp3) is 0. The van der Waals surface area contributed by atoms with Crippen LogP contribution in [0.25, 0.3) is 0 Å². The van der Waals surface area contributed by atoms with Crippen LogP contribution in [0, 0.1) is 0 Å². The summed E-state index contributed by atoms with van der Waals surface area (Å²) in [6.07, 6.45) is 0. The third-order valence-electron chi connectivity index (χ3n) is 1.60. The molecule has 0 aromatic heterocycles. The molecule has 0 atom stereocenters. The van der Waals surface area contributed by atoms with E-state index in [0.717, 1.165) is 11.4 Å². The minimum atomic E-state index is 0. The molecular formula is C12H14N2O5V2. The monoisotopic (exact) mass is 368 g/mol. The van der Waals surface area contributed by atoms with Gasteiger partial charge in [-0.15, -0.1) is 0 Å². The molecular weight excluding hydrogens is 354 g/mol. The Morgan fingerprint density at radius 1 is 0.429 bits per heavy atom. The van der Waals surface area contributed by atoms with Gasteiger partial charge in [0.05, 0.1) is 0 Å². The van der Waals surface area contributed by atoms with Gasteiger partial charge in [-0.2, -0.15) is 0 Å². The number of rotatable bonds is 0. The van der Waals surface area contributed by atoms with E-state index in [4.69, 9.17) is 11.5 Å². The van der Waals surface area contributed by atoms with Crippen molar-refractivity contribution in [2.45, 2.75) is 0 Å². The second-order valence-corrected chi connectivity index (χ2v) is 2.82. The van der Waals surface area contributed by atoms with E-state index in [0.29, 0.717) is 0 Å². The Kier molecular flexibility index (Phi) is 55.7. The van der Waals surface area contributed by atoms with Crippen molar-refractivity contribution in [1.29, 1.82) is 0 Å². The van der Waals surface area contributed by atoms with Crippen molar-refractivity contribution in [2.75, 3.05) is 11.5 Å². The Morgan fingerprint density at radius 3 is 0.714 bits per heavy atom. The maximum Gasteiger partial charge on any atom is 5.00 e. The van der Waals surface area contributed by atoms with Gasteiger partial charge in [0.15, 0.2) is 0 Å². The predicted molar refractivity (Wildman–Crippen MR) is 65.1 cm³/mol. The number of hydrogen-bond acceptors (Lipinski definition) is 2. The first-order chi connectivity index (χ1) is 6.79. The van der Waals surface area contributed by atoms with Gasteiger partial charge in [0.1, 0.15) is 0 Å². The number of nitrogens with two attached hydrogens (primary N) is 2. The Hall–Kier alpha value is -0.991. The number of hydrogen-bond donors (Lipinski definition) is 2. The average Bonchev–Trinajstić information content (AvgIpc) is 2.21. The van der Waals surface area contributed by atoms with Crippen LogP contribution in [0.4, 0.5) is 11.4 Å². The van der Waals surface area contributed by atoms with Crippen molar-refractivity contribution in [3.8, 4) is 0 Å². The molecule has 0 unspecified atom stereocenters. The molecule has 2 aromatic carbocycles. The SMILES string of the molecule is Nc1ccccc1.Nc1ccccc1.[O-2].[O-2].[O-2].[O-2].[O-2].[V+5].[V+5]. The van der Waals surface area contributed by atoms with E-state index in [2.05, 4.69) is 0 Å². The van der Waals surface area contributed by atoms with Crippen molar-refractivity contribution < 1.29 is 64.5 Å². The molecule has 0 saturated carbocycles. The maximum atomic E-state index is 5.36. The summed E-state index contributed by atoms with van der Waals surface area (Å²) in [7, 11) is 0. The molecule has 0 aliphatic heterocycles. The fourth-order valence-electron chi connectivity index (χ4n) is 0.906. The smallest absolute Gasteiger partial charge is 2.00 e. The van der Waals surface area contributed by atoms with E-state index < -0.39 is 0 Å². The van der Waals surface area contributed by atoms with Crippen LogP contribution >= 0.6 is 0 Å². The van der Waals surface area contributed by atoms with Gasteiger partial charge in [-0.25, -0.2) is 0 Å². The summed E-state index contributed by atoms with van der Waals surface area (Å²) in [6.45, 7) is 0. The zero-order valence-corrected chi connectivity index (χ0v) is 13.7. The van der Waals surface area contributed by atoms with Crippen LogP contribution < -0.4 is 11.5 Å². The molecule has 112 valence electrons. The molecule has 21 heavy (non-hydrogen) atoms. The van der Waals surface area contributed by atoms with Crippen LogP contribution in [0.1, 0.15) is 0 Å². The van der Waals surface area contributed by atoms with Crippen molar-refractivity contribution in [3.05, 3.63) is 60.7 Å². The van der Waals surface area contributed by atoms with E-state index >= 15 is 0 Å². The molecule has 2 aromatic rings. The van der Waals surface area contributed by atoms with Crippen LogP contribution in [0.3, 0.4) is 0 Å². The average molecular weight is 368 g/mol. The Balaban J connectivity index is -0.0000000280. The van der Waals surface area contributed by atoms with Gasteiger partial charge < -0.3 is 38.8 Å². The summed E-state index contributed by atoms with van der Waals surface area (Å²) in [4.78, 5) is 0. The summed E-state index contributed by atoms with van der Waals surface area (Å²) in [6, 6.07) is 19.0. The molecule has 0 amide bonds. The van der Waals surface area contributed by atoms with E-state index in [1.807, 2.05) is 60.7 Å². The number of anilines is 2. The first-order valence-corrected chi connectivity index (χ1v) is 4.40. The maximum absolute atomic E-state index is 5.36.